The normalized spacial score (nSPS) is 23.6. The zero-order valence-corrected chi connectivity index (χ0v) is 12.1. The summed E-state index contributed by atoms with van der Waals surface area (Å²) in [5, 5.41) is 3.39. The third-order valence-electron chi connectivity index (χ3n) is 4.58. The van der Waals surface area contributed by atoms with Crippen LogP contribution in [0.25, 0.3) is 11.1 Å². The molecule has 1 spiro atoms. The number of amidine groups is 1. The predicted molar refractivity (Wildman–Crippen MR) is 83.3 cm³/mol. The first-order chi connectivity index (χ1) is 10.3. The predicted octanol–water partition coefficient (Wildman–Crippen LogP) is 2.39. The van der Waals surface area contributed by atoms with Gasteiger partial charge in [0.1, 0.15) is 6.33 Å². The summed E-state index contributed by atoms with van der Waals surface area (Å²) in [4.78, 5) is 13.2. The summed E-state index contributed by atoms with van der Waals surface area (Å²) in [6.07, 6.45) is 8.57. The van der Waals surface area contributed by atoms with E-state index in [4.69, 9.17) is 4.99 Å². The van der Waals surface area contributed by atoms with E-state index < -0.39 is 0 Å². The summed E-state index contributed by atoms with van der Waals surface area (Å²) in [5.74, 6) is 1.08. The first kappa shape index (κ1) is 12.5. The van der Waals surface area contributed by atoms with Gasteiger partial charge in [0, 0.05) is 24.5 Å². The average molecular weight is 278 g/mol. The van der Waals surface area contributed by atoms with E-state index in [9.17, 15) is 0 Å². The van der Waals surface area contributed by atoms with Crippen molar-refractivity contribution in [2.75, 3.05) is 6.54 Å². The van der Waals surface area contributed by atoms with Crippen molar-refractivity contribution < 1.29 is 0 Å². The smallest absolute Gasteiger partial charge is 0.115 e. The van der Waals surface area contributed by atoms with Crippen molar-refractivity contribution in [2.24, 2.45) is 4.99 Å². The van der Waals surface area contributed by atoms with Crippen LogP contribution >= 0.6 is 0 Å². The number of benzene rings is 1. The fourth-order valence-electron chi connectivity index (χ4n) is 3.58. The number of fused-ring (bicyclic) bond motifs is 1. The van der Waals surface area contributed by atoms with Gasteiger partial charge in [-0.1, -0.05) is 18.2 Å². The van der Waals surface area contributed by atoms with Gasteiger partial charge < -0.3 is 5.32 Å². The first-order valence-electron chi connectivity index (χ1n) is 7.42. The molecule has 0 saturated carbocycles. The molecule has 0 unspecified atom stereocenters. The van der Waals surface area contributed by atoms with Crippen LogP contribution in [0.5, 0.6) is 0 Å². The zero-order chi connectivity index (χ0) is 14.3. The lowest BCUT2D eigenvalue weighted by Crippen LogP contribution is -2.38. The molecular weight excluding hydrogens is 260 g/mol. The molecule has 2 heterocycles. The van der Waals surface area contributed by atoms with Crippen LogP contribution in [0.15, 0.2) is 41.9 Å². The Morgan fingerprint density at radius 2 is 2.05 bits per heavy atom. The third kappa shape index (κ3) is 2.11. The second-order valence-electron chi connectivity index (χ2n) is 6.02. The van der Waals surface area contributed by atoms with Crippen LogP contribution in [0.4, 0.5) is 0 Å². The van der Waals surface area contributed by atoms with E-state index in [1.54, 1.807) is 6.33 Å². The van der Waals surface area contributed by atoms with Gasteiger partial charge in [-0.2, -0.15) is 0 Å². The molecule has 21 heavy (non-hydrogen) atoms. The van der Waals surface area contributed by atoms with E-state index >= 15 is 0 Å². The van der Waals surface area contributed by atoms with Gasteiger partial charge in [0.15, 0.2) is 0 Å². The molecule has 1 atom stereocenters. The average Bonchev–Trinajstić information content (AvgIpc) is 2.88. The Kier molecular flexibility index (Phi) is 2.77. The number of nitrogens with zero attached hydrogens (tertiary/aromatic N) is 3. The summed E-state index contributed by atoms with van der Waals surface area (Å²) in [7, 11) is 0. The minimum Gasteiger partial charge on any atom is -0.372 e. The highest BCUT2D eigenvalue weighted by molar-refractivity contribution is 5.82. The Bertz CT molecular complexity index is 708. The Morgan fingerprint density at radius 1 is 1.19 bits per heavy atom. The van der Waals surface area contributed by atoms with E-state index in [0.717, 1.165) is 37.2 Å². The van der Waals surface area contributed by atoms with Gasteiger partial charge in [0.25, 0.3) is 0 Å². The van der Waals surface area contributed by atoms with E-state index in [1.165, 1.54) is 16.7 Å². The molecule has 0 amide bonds. The second-order valence-corrected chi connectivity index (χ2v) is 6.02. The lowest BCUT2D eigenvalue weighted by Gasteiger charge is -2.32. The maximum Gasteiger partial charge on any atom is 0.115 e. The van der Waals surface area contributed by atoms with Crippen molar-refractivity contribution in [3.05, 3.63) is 48.0 Å². The number of aliphatic imine (C=N–C) groups is 1. The molecule has 106 valence electrons. The van der Waals surface area contributed by atoms with Crippen LogP contribution < -0.4 is 5.32 Å². The Morgan fingerprint density at radius 3 is 2.81 bits per heavy atom. The fraction of sp³-hybridized carbons (Fsp3) is 0.353. The molecular formula is C17H18N4. The molecule has 0 bridgehead atoms. The molecule has 0 saturated heterocycles. The molecule has 0 fully saturated rings. The van der Waals surface area contributed by atoms with Crippen molar-refractivity contribution in [3.63, 3.8) is 0 Å². The topological polar surface area (TPSA) is 50.2 Å². The second kappa shape index (κ2) is 4.65. The first-order valence-corrected chi connectivity index (χ1v) is 7.42. The van der Waals surface area contributed by atoms with Gasteiger partial charge in [-0.25, -0.2) is 9.97 Å². The molecule has 1 aliphatic heterocycles. The zero-order valence-electron chi connectivity index (χ0n) is 12.1. The van der Waals surface area contributed by atoms with E-state index in [1.807, 2.05) is 12.4 Å². The van der Waals surface area contributed by atoms with Crippen molar-refractivity contribution in [2.45, 2.75) is 31.7 Å². The van der Waals surface area contributed by atoms with Crippen molar-refractivity contribution in [1.29, 1.82) is 0 Å². The summed E-state index contributed by atoms with van der Waals surface area (Å²) in [6, 6.07) is 6.56. The monoisotopic (exact) mass is 278 g/mol. The SMILES string of the molecule is CC1=N[C@@]2(CCc3c(cccc3-c3cncnc3)C2)CN1. The molecule has 1 aromatic heterocycles. The molecule has 4 rings (SSSR count). The quantitative estimate of drug-likeness (QED) is 0.871. The maximum atomic E-state index is 4.86. The van der Waals surface area contributed by atoms with Gasteiger partial charge in [0.2, 0.25) is 0 Å². The Labute approximate surface area is 124 Å². The van der Waals surface area contributed by atoms with Crippen LogP contribution in [0.1, 0.15) is 24.5 Å². The lowest BCUT2D eigenvalue weighted by atomic mass is 9.76. The molecule has 4 heteroatoms. The van der Waals surface area contributed by atoms with Crippen LogP contribution in [0.3, 0.4) is 0 Å². The van der Waals surface area contributed by atoms with Crippen LogP contribution in [-0.4, -0.2) is 27.9 Å². The molecule has 1 N–H and O–H groups in total. The van der Waals surface area contributed by atoms with Crippen LogP contribution in [0.2, 0.25) is 0 Å². The number of nitrogens with one attached hydrogen (secondary N) is 1. The van der Waals surface area contributed by atoms with Crippen LogP contribution in [-0.2, 0) is 12.8 Å². The third-order valence-corrected chi connectivity index (χ3v) is 4.58. The Hall–Kier alpha value is -2.23. The number of rotatable bonds is 1. The van der Waals surface area contributed by atoms with Gasteiger partial charge in [-0.15, -0.1) is 0 Å². The van der Waals surface area contributed by atoms with E-state index in [2.05, 4.69) is 40.4 Å². The van der Waals surface area contributed by atoms with Crippen molar-refractivity contribution in [1.82, 2.24) is 15.3 Å². The number of aromatic nitrogens is 2. The van der Waals surface area contributed by atoms with Gasteiger partial charge >= 0.3 is 0 Å². The standard InChI is InChI=1S/C17H18N4/c1-12-20-10-17(21-12)6-5-16-13(7-17)3-2-4-15(16)14-8-18-11-19-9-14/h2-4,8-9,11H,5-7,10H2,1H3,(H,20,21)/t17-/m1/s1. The highest BCUT2D eigenvalue weighted by atomic mass is 15.1. The van der Waals surface area contributed by atoms with Crippen LogP contribution in [0, 0.1) is 0 Å². The summed E-state index contributed by atoms with van der Waals surface area (Å²) in [6.45, 7) is 3.03. The minimum absolute atomic E-state index is 0.0723. The van der Waals surface area contributed by atoms with Gasteiger partial charge in [-0.3, -0.25) is 4.99 Å². The fourth-order valence-corrected chi connectivity index (χ4v) is 3.58. The molecule has 1 aromatic carbocycles. The minimum atomic E-state index is 0.0723. The molecule has 1 aliphatic carbocycles. The summed E-state index contributed by atoms with van der Waals surface area (Å²) >= 11 is 0. The van der Waals surface area contributed by atoms with E-state index in [-0.39, 0.29) is 5.54 Å². The highest BCUT2D eigenvalue weighted by Crippen LogP contribution is 2.37. The molecule has 0 radical (unpaired) electrons. The molecule has 4 nitrogen and oxygen atoms in total. The van der Waals surface area contributed by atoms with E-state index in [0.29, 0.717) is 0 Å². The van der Waals surface area contributed by atoms with Crippen molar-refractivity contribution in [3.8, 4) is 11.1 Å². The number of hydrogen-bond acceptors (Lipinski definition) is 4. The maximum absolute atomic E-state index is 4.86. The lowest BCUT2D eigenvalue weighted by molar-refractivity contribution is 0.395. The highest BCUT2D eigenvalue weighted by Gasteiger charge is 2.37. The van der Waals surface area contributed by atoms with Gasteiger partial charge in [0.05, 0.1) is 11.4 Å². The largest absolute Gasteiger partial charge is 0.372 e. The molecule has 2 aliphatic rings. The Balaban J connectivity index is 1.75. The molecule has 2 aromatic rings. The van der Waals surface area contributed by atoms with Gasteiger partial charge in [-0.05, 0) is 42.9 Å². The number of hydrogen-bond donors (Lipinski definition) is 1. The summed E-state index contributed by atoms with van der Waals surface area (Å²) in [5.41, 5.74) is 5.31. The summed E-state index contributed by atoms with van der Waals surface area (Å²) < 4.78 is 0. The van der Waals surface area contributed by atoms with Crippen molar-refractivity contribution >= 4 is 5.84 Å².